The normalized spacial score (nSPS) is 13.9. The second-order valence-electron chi connectivity index (χ2n) is 5.69. The molecule has 0 amide bonds. The number of benzene rings is 2. The first-order valence-electron chi connectivity index (χ1n) is 7.88. The van der Waals surface area contributed by atoms with Crippen LogP contribution in [0.2, 0.25) is 0 Å². The molecule has 0 unspecified atom stereocenters. The van der Waals surface area contributed by atoms with Gasteiger partial charge >= 0.3 is 11.9 Å². The minimum atomic E-state index is -1.36. The minimum absolute atomic E-state index is 0.209. The Hall–Kier alpha value is -3.46. The predicted molar refractivity (Wildman–Crippen MR) is 96.9 cm³/mol. The van der Waals surface area contributed by atoms with Gasteiger partial charge in [0.05, 0.1) is 22.9 Å². The van der Waals surface area contributed by atoms with Gasteiger partial charge in [-0.05, 0) is 35.4 Å². The number of carbonyl (C=O) groups is 2. The van der Waals surface area contributed by atoms with Crippen LogP contribution < -0.4 is 9.47 Å². The van der Waals surface area contributed by atoms with Crippen LogP contribution >= 0.6 is 11.7 Å². The second kappa shape index (κ2) is 6.69. The molecule has 3 aromatic rings. The van der Waals surface area contributed by atoms with E-state index in [-0.39, 0.29) is 22.3 Å². The summed E-state index contributed by atoms with van der Waals surface area (Å²) in [5, 5.41) is 19.5. The summed E-state index contributed by atoms with van der Waals surface area (Å²) < 4.78 is 19.1. The molecule has 0 saturated carbocycles. The third-order valence-electron chi connectivity index (χ3n) is 4.05. The average Bonchev–Trinajstić information content (AvgIpc) is 3.12. The van der Waals surface area contributed by atoms with Crippen LogP contribution in [0.4, 0.5) is 0 Å². The molecule has 2 aromatic carbocycles. The molecule has 4 rings (SSSR count). The summed E-state index contributed by atoms with van der Waals surface area (Å²) in [6, 6.07) is 9.20. The number of nitrogens with zero attached hydrogens (tertiary/aromatic N) is 2. The van der Waals surface area contributed by atoms with Crippen molar-refractivity contribution in [3.05, 3.63) is 47.5 Å². The van der Waals surface area contributed by atoms with Crippen LogP contribution in [0.25, 0.3) is 22.2 Å². The number of carboxylic acids is 2. The lowest BCUT2D eigenvalue weighted by Gasteiger charge is -2.19. The zero-order valence-corrected chi connectivity index (χ0v) is 14.5. The number of rotatable bonds is 4. The molecular weight excluding hydrogens is 372 g/mol. The fraction of sp³-hybridized carbons (Fsp3) is 0.111. The lowest BCUT2D eigenvalue weighted by Crippen LogP contribution is -2.16. The first-order valence-corrected chi connectivity index (χ1v) is 8.61. The van der Waals surface area contributed by atoms with Gasteiger partial charge in [0.15, 0.2) is 11.5 Å². The highest BCUT2D eigenvalue weighted by Gasteiger charge is 2.25. The van der Waals surface area contributed by atoms with Crippen LogP contribution in [0.15, 0.2) is 36.4 Å². The highest BCUT2D eigenvalue weighted by molar-refractivity contribution is 7.00. The van der Waals surface area contributed by atoms with E-state index in [1.165, 1.54) is 24.3 Å². The van der Waals surface area contributed by atoms with E-state index >= 15 is 0 Å². The molecule has 0 radical (unpaired) electrons. The van der Waals surface area contributed by atoms with E-state index in [4.69, 9.17) is 9.47 Å². The van der Waals surface area contributed by atoms with Gasteiger partial charge < -0.3 is 19.7 Å². The molecule has 0 spiro atoms. The van der Waals surface area contributed by atoms with Crippen LogP contribution in [-0.4, -0.2) is 44.1 Å². The zero-order valence-electron chi connectivity index (χ0n) is 13.7. The number of hydrogen-bond donors (Lipinski definition) is 2. The van der Waals surface area contributed by atoms with Crippen molar-refractivity contribution in [1.29, 1.82) is 0 Å². The van der Waals surface area contributed by atoms with E-state index in [2.05, 4.69) is 8.75 Å². The van der Waals surface area contributed by atoms with Gasteiger partial charge in [-0.15, -0.1) is 0 Å². The van der Waals surface area contributed by atoms with Crippen molar-refractivity contribution >= 4 is 45.8 Å². The van der Waals surface area contributed by atoms with Crippen molar-refractivity contribution in [1.82, 2.24) is 8.75 Å². The summed E-state index contributed by atoms with van der Waals surface area (Å²) in [4.78, 5) is 24.0. The van der Waals surface area contributed by atoms with Gasteiger partial charge in [-0.2, -0.15) is 8.75 Å². The van der Waals surface area contributed by atoms with Gasteiger partial charge in [-0.25, -0.2) is 9.59 Å². The van der Waals surface area contributed by atoms with Crippen molar-refractivity contribution < 1.29 is 29.3 Å². The van der Waals surface area contributed by atoms with Gasteiger partial charge in [0, 0.05) is 0 Å². The molecule has 0 atom stereocenters. The Balaban J connectivity index is 1.93. The quantitative estimate of drug-likeness (QED) is 0.520. The monoisotopic (exact) mass is 384 g/mol. The maximum absolute atomic E-state index is 12.0. The molecule has 1 aromatic heterocycles. The molecular formula is C18H12N2O6S. The minimum Gasteiger partial charge on any atom is -0.486 e. The van der Waals surface area contributed by atoms with Crippen LogP contribution in [0.5, 0.6) is 11.5 Å². The lowest BCUT2D eigenvalue weighted by molar-refractivity contribution is -0.132. The van der Waals surface area contributed by atoms with Crippen LogP contribution in [0.3, 0.4) is 0 Å². The van der Waals surface area contributed by atoms with Crippen molar-refractivity contribution in [2.45, 2.75) is 0 Å². The van der Waals surface area contributed by atoms with Crippen molar-refractivity contribution in [2.75, 3.05) is 13.2 Å². The molecule has 2 N–H and O–H groups in total. The number of aromatic nitrogens is 2. The van der Waals surface area contributed by atoms with Crippen molar-refractivity contribution in [2.24, 2.45) is 0 Å². The standard InChI is InChI=1S/C18H12N2O6S/c21-17(22)15(9-1-3-11-12(7-9)20-27-19-11)16(18(23)24)10-2-4-13-14(8-10)26-6-5-25-13/h1-4,7-8H,5-6H2,(H,21,22)(H,23,24)/b16-15-. The fourth-order valence-corrected chi connectivity index (χ4v) is 3.40. The second-order valence-corrected chi connectivity index (χ2v) is 6.21. The predicted octanol–water partition coefficient (Wildman–Crippen LogP) is 2.54. The van der Waals surface area contributed by atoms with Gasteiger partial charge in [-0.1, -0.05) is 12.1 Å². The third-order valence-corrected chi connectivity index (χ3v) is 4.61. The molecule has 8 nitrogen and oxygen atoms in total. The molecule has 1 aliphatic heterocycles. The molecule has 2 heterocycles. The van der Waals surface area contributed by atoms with Gasteiger partial charge in [0.1, 0.15) is 24.2 Å². The molecule has 136 valence electrons. The van der Waals surface area contributed by atoms with Gasteiger partial charge in [-0.3, -0.25) is 0 Å². The van der Waals surface area contributed by atoms with Crippen LogP contribution in [-0.2, 0) is 9.59 Å². The number of carboxylic acid groups (broad SMARTS) is 2. The Morgan fingerprint density at radius 1 is 0.815 bits per heavy atom. The Morgan fingerprint density at radius 3 is 2.11 bits per heavy atom. The summed E-state index contributed by atoms with van der Waals surface area (Å²) >= 11 is 0.998. The van der Waals surface area contributed by atoms with Crippen molar-refractivity contribution in [3.63, 3.8) is 0 Å². The lowest BCUT2D eigenvalue weighted by atomic mass is 9.94. The smallest absolute Gasteiger partial charge is 0.337 e. The molecule has 0 saturated heterocycles. The van der Waals surface area contributed by atoms with E-state index < -0.39 is 11.9 Å². The summed E-state index contributed by atoms with van der Waals surface area (Å²) in [5.74, 6) is -1.85. The highest BCUT2D eigenvalue weighted by Crippen LogP contribution is 2.36. The summed E-state index contributed by atoms with van der Waals surface area (Å²) in [5.41, 5.74) is 0.875. The summed E-state index contributed by atoms with van der Waals surface area (Å²) in [6.07, 6.45) is 0. The Kier molecular flexibility index (Phi) is 4.21. The molecule has 0 bridgehead atoms. The van der Waals surface area contributed by atoms with E-state index in [9.17, 15) is 19.8 Å². The first kappa shape index (κ1) is 17.0. The van der Waals surface area contributed by atoms with Gasteiger partial charge in [0.2, 0.25) is 0 Å². The third kappa shape index (κ3) is 3.08. The SMILES string of the molecule is O=C(O)/C(=C(\C(=O)O)c1ccc2nsnc2c1)c1ccc2c(c1)OCCO2. The van der Waals surface area contributed by atoms with E-state index in [0.29, 0.717) is 35.7 Å². The average molecular weight is 384 g/mol. The topological polar surface area (TPSA) is 119 Å². The highest BCUT2D eigenvalue weighted by atomic mass is 32.1. The van der Waals surface area contributed by atoms with Gasteiger partial charge in [0.25, 0.3) is 0 Å². The number of aliphatic carboxylic acids is 2. The van der Waals surface area contributed by atoms with Crippen LogP contribution in [0.1, 0.15) is 11.1 Å². The number of ether oxygens (including phenoxy) is 2. The maximum atomic E-state index is 12.0. The number of fused-ring (bicyclic) bond motifs is 2. The fourth-order valence-electron chi connectivity index (χ4n) is 2.89. The van der Waals surface area contributed by atoms with Crippen molar-refractivity contribution in [3.8, 4) is 11.5 Å². The van der Waals surface area contributed by atoms with Crippen LogP contribution in [0, 0.1) is 0 Å². The molecule has 9 heteroatoms. The Labute approximate surface area is 156 Å². The Bertz CT molecular complexity index is 1100. The van der Waals surface area contributed by atoms with E-state index in [1.807, 2.05) is 0 Å². The molecule has 0 aliphatic carbocycles. The molecule has 27 heavy (non-hydrogen) atoms. The summed E-state index contributed by atoms with van der Waals surface area (Å²) in [7, 11) is 0. The largest absolute Gasteiger partial charge is 0.486 e. The maximum Gasteiger partial charge on any atom is 0.337 e. The summed E-state index contributed by atoms with van der Waals surface area (Å²) in [6.45, 7) is 0.734. The van der Waals surface area contributed by atoms with E-state index in [0.717, 1.165) is 11.7 Å². The molecule has 0 fully saturated rings. The molecule has 1 aliphatic rings. The zero-order chi connectivity index (χ0) is 19.0. The Morgan fingerprint density at radius 2 is 1.41 bits per heavy atom. The number of hydrogen-bond acceptors (Lipinski definition) is 7. The first-order chi connectivity index (χ1) is 13.0. The van der Waals surface area contributed by atoms with E-state index in [1.54, 1.807) is 12.1 Å².